The van der Waals surface area contributed by atoms with Crippen molar-refractivity contribution in [3.05, 3.63) is 97.2 Å². The summed E-state index contributed by atoms with van der Waals surface area (Å²) in [6.07, 6.45) is 67.6. The van der Waals surface area contributed by atoms with E-state index in [1.165, 1.54) is 141 Å². The molecule has 1 saturated heterocycles. The Morgan fingerprint density at radius 3 is 1.33 bits per heavy atom. The van der Waals surface area contributed by atoms with Gasteiger partial charge in [0.15, 0.2) is 6.29 Å². The number of carbonyl (C=O) groups excluding carboxylic acids is 1. The average Bonchev–Trinajstić information content (AvgIpc) is 3.38. The van der Waals surface area contributed by atoms with Crippen LogP contribution in [0.1, 0.15) is 239 Å². The van der Waals surface area contributed by atoms with Crippen LogP contribution in [0.25, 0.3) is 0 Å². The molecule has 1 heterocycles. The minimum absolute atomic E-state index is 0.192. The number of rotatable bonds is 49. The summed E-state index contributed by atoms with van der Waals surface area (Å²) in [5.74, 6) is -0.192. The molecular weight excluding hydrogens is 899 g/mol. The van der Waals surface area contributed by atoms with E-state index in [2.05, 4.69) is 104 Å². The van der Waals surface area contributed by atoms with Crippen molar-refractivity contribution in [2.75, 3.05) is 13.2 Å². The first-order valence-corrected chi connectivity index (χ1v) is 29.5. The molecule has 0 aromatic carbocycles. The van der Waals surface area contributed by atoms with Crippen molar-refractivity contribution in [2.45, 2.75) is 281 Å². The second-order valence-corrected chi connectivity index (χ2v) is 20.0. The zero-order valence-electron chi connectivity index (χ0n) is 45.9. The molecule has 0 aromatic heterocycles. The Kier molecular flexibility index (Phi) is 48.1. The molecule has 0 saturated carbocycles. The zero-order valence-corrected chi connectivity index (χ0v) is 45.9. The highest BCUT2D eigenvalue weighted by Gasteiger charge is 2.44. The van der Waals surface area contributed by atoms with Crippen LogP contribution >= 0.6 is 0 Å². The fourth-order valence-corrected chi connectivity index (χ4v) is 8.76. The van der Waals surface area contributed by atoms with Crippen LogP contribution in [0, 0.1) is 0 Å². The summed E-state index contributed by atoms with van der Waals surface area (Å²) in [5.41, 5.74) is 0. The summed E-state index contributed by atoms with van der Waals surface area (Å²) in [4.78, 5) is 13.1. The molecule has 7 atom stereocenters. The van der Waals surface area contributed by atoms with Crippen molar-refractivity contribution in [3.8, 4) is 0 Å². The number of carbonyl (C=O) groups is 1. The molecule has 1 rings (SSSR count). The molecule has 72 heavy (non-hydrogen) atoms. The van der Waals surface area contributed by atoms with Crippen LogP contribution in [0.4, 0.5) is 0 Å². The minimum Gasteiger partial charge on any atom is -0.394 e. The van der Waals surface area contributed by atoms with Crippen molar-refractivity contribution in [1.82, 2.24) is 5.32 Å². The van der Waals surface area contributed by atoms with Crippen molar-refractivity contribution >= 4 is 5.91 Å². The van der Waals surface area contributed by atoms with Crippen LogP contribution in [0.5, 0.6) is 0 Å². The number of nitrogens with one attached hydrogen (secondary N) is 1. The SMILES string of the molecule is CC/C=C\C/C=C\C/C=C\C/C=C\C/C=C\C/C=C\CCCCCCCCCCCCCCC(=O)NC(COC1OC(CO)C(O)C(O)C1O)C(O)/C=C/CC/C=C/CCCCCCCCCCCCCC. The van der Waals surface area contributed by atoms with E-state index in [0.29, 0.717) is 6.42 Å². The molecule has 0 aliphatic carbocycles. The van der Waals surface area contributed by atoms with Crippen LogP contribution < -0.4 is 5.32 Å². The van der Waals surface area contributed by atoms with Gasteiger partial charge >= 0.3 is 0 Å². The van der Waals surface area contributed by atoms with E-state index < -0.39 is 49.5 Å². The molecule has 0 aromatic rings. The van der Waals surface area contributed by atoms with E-state index in [0.717, 1.165) is 77.0 Å². The lowest BCUT2D eigenvalue weighted by Crippen LogP contribution is -2.60. The zero-order chi connectivity index (χ0) is 52.2. The van der Waals surface area contributed by atoms with Gasteiger partial charge in [-0.15, -0.1) is 0 Å². The van der Waals surface area contributed by atoms with Gasteiger partial charge in [-0.3, -0.25) is 4.79 Å². The number of hydrogen-bond acceptors (Lipinski definition) is 8. The first-order valence-electron chi connectivity index (χ1n) is 29.5. The topological polar surface area (TPSA) is 149 Å². The van der Waals surface area contributed by atoms with Crippen LogP contribution in [0.3, 0.4) is 0 Å². The number of ether oxygens (including phenoxy) is 2. The number of amides is 1. The van der Waals surface area contributed by atoms with Gasteiger partial charge in [-0.25, -0.2) is 0 Å². The average molecular weight is 1010 g/mol. The quantitative estimate of drug-likeness (QED) is 0.0261. The van der Waals surface area contributed by atoms with Crippen molar-refractivity contribution in [3.63, 3.8) is 0 Å². The molecule has 414 valence electrons. The summed E-state index contributed by atoms with van der Waals surface area (Å²) < 4.78 is 11.3. The molecule has 9 nitrogen and oxygen atoms in total. The van der Waals surface area contributed by atoms with Gasteiger partial charge < -0.3 is 40.3 Å². The Labute approximate surface area is 441 Å². The van der Waals surface area contributed by atoms with Crippen molar-refractivity contribution < 1.29 is 39.8 Å². The minimum atomic E-state index is -1.58. The van der Waals surface area contributed by atoms with Gasteiger partial charge in [0, 0.05) is 6.42 Å². The van der Waals surface area contributed by atoms with Gasteiger partial charge in [0.2, 0.25) is 5.91 Å². The monoisotopic (exact) mass is 1010 g/mol. The normalized spacial score (nSPS) is 19.9. The highest BCUT2D eigenvalue weighted by atomic mass is 16.7. The van der Waals surface area contributed by atoms with E-state index in [1.807, 2.05) is 6.08 Å². The van der Waals surface area contributed by atoms with Gasteiger partial charge in [-0.2, -0.15) is 0 Å². The summed E-state index contributed by atoms with van der Waals surface area (Å²) in [6, 6.07) is -0.829. The van der Waals surface area contributed by atoms with Crippen LogP contribution in [0.15, 0.2) is 97.2 Å². The third-order valence-corrected chi connectivity index (χ3v) is 13.4. The summed E-state index contributed by atoms with van der Waals surface area (Å²) in [5, 5.41) is 54.5. The van der Waals surface area contributed by atoms with E-state index >= 15 is 0 Å². The molecule has 1 fully saturated rings. The van der Waals surface area contributed by atoms with Gasteiger partial charge in [-0.1, -0.05) is 246 Å². The fourth-order valence-electron chi connectivity index (χ4n) is 8.76. The van der Waals surface area contributed by atoms with Gasteiger partial charge in [0.1, 0.15) is 24.4 Å². The van der Waals surface area contributed by atoms with E-state index in [4.69, 9.17) is 9.47 Å². The predicted octanol–water partition coefficient (Wildman–Crippen LogP) is 14.8. The third kappa shape index (κ3) is 40.5. The number of aliphatic hydroxyl groups is 5. The molecule has 1 amide bonds. The maximum Gasteiger partial charge on any atom is 0.220 e. The molecule has 6 N–H and O–H groups in total. The standard InChI is InChI=1S/C63H109NO8/c1-3-5-7-9-11-13-15-17-19-21-23-24-25-26-27-28-29-30-31-32-33-34-35-37-39-41-43-45-47-49-51-53-59(67)64-56(55-71-63-62(70)61(69)60(68)58(54-65)72-63)57(66)52-50-48-46-44-42-40-38-36-22-20-18-16-14-12-10-8-6-4-2/h5,7,11,13,17,19,23-24,26-27,29-30,42,44,50,52,56-58,60-63,65-66,68-70H,3-4,6,8-10,12,14-16,18,20-22,25,28,31-41,43,45-49,51,53-55H2,1-2H3,(H,64,67)/b7-5-,13-11-,19-17-,24-23-,27-26-,30-29-,44-42+,52-50+. The predicted molar refractivity (Wildman–Crippen MR) is 304 cm³/mol. The lowest BCUT2D eigenvalue weighted by Gasteiger charge is -2.40. The molecule has 0 bridgehead atoms. The van der Waals surface area contributed by atoms with Crippen LogP contribution in [-0.4, -0.2) is 87.5 Å². The van der Waals surface area contributed by atoms with Gasteiger partial charge in [0.05, 0.1) is 25.4 Å². The summed E-state index contributed by atoms with van der Waals surface area (Å²) >= 11 is 0. The lowest BCUT2D eigenvalue weighted by molar-refractivity contribution is -0.302. The van der Waals surface area contributed by atoms with Crippen LogP contribution in [-0.2, 0) is 14.3 Å². The number of hydrogen-bond donors (Lipinski definition) is 6. The largest absolute Gasteiger partial charge is 0.394 e. The highest BCUT2D eigenvalue weighted by Crippen LogP contribution is 2.23. The molecule has 7 unspecified atom stereocenters. The number of aliphatic hydroxyl groups excluding tert-OH is 5. The Bertz CT molecular complexity index is 1450. The molecule has 1 aliphatic heterocycles. The maximum absolute atomic E-state index is 13.1. The van der Waals surface area contributed by atoms with Crippen molar-refractivity contribution in [2.24, 2.45) is 0 Å². The lowest BCUT2D eigenvalue weighted by atomic mass is 9.99. The Morgan fingerprint density at radius 1 is 0.486 bits per heavy atom. The number of allylic oxidation sites excluding steroid dienone is 15. The number of unbranched alkanes of at least 4 members (excludes halogenated alkanes) is 25. The first kappa shape index (κ1) is 67.1. The molecule has 1 aliphatic rings. The van der Waals surface area contributed by atoms with E-state index in [-0.39, 0.29) is 12.5 Å². The van der Waals surface area contributed by atoms with E-state index in [9.17, 15) is 30.3 Å². The smallest absolute Gasteiger partial charge is 0.220 e. The van der Waals surface area contributed by atoms with Crippen molar-refractivity contribution in [1.29, 1.82) is 0 Å². The summed E-state index contributed by atoms with van der Waals surface area (Å²) in [6.45, 7) is 3.65. The highest BCUT2D eigenvalue weighted by molar-refractivity contribution is 5.76. The fraction of sp³-hybridized carbons (Fsp3) is 0.730. The first-order chi connectivity index (χ1) is 35.3. The van der Waals surface area contributed by atoms with Gasteiger partial charge in [-0.05, 0) is 83.5 Å². The Hall–Kier alpha value is -2.89. The maximum atomic E-state index is 13.1. The molecule has 0 spiro atoms. The Morgan fingerprint density at radius 2 is 0.875 bits per heavy atom. The van der Waals surface area contributed by atoms with Crippen LogP contribution in [0.2, 0.25) is 0 Å². The molecular formula is C63H109NO8. The Balaban J connectivity index is 2.22. The van der Waals surface area contributed by atoms with Gasteiger partial charge in [0.25, 0.3) is 0 Å². The molecule has 9 heteroatoms. The summed E-state index contributed by atoms with van der Waals surface area (Å²) in [7, 11) is 0. The second-order valence-electron chi connectivity index (χ2n) is 20.0. The second kappa shape index (κ2) is 51.6. The molecule has 0 radical (unpaired) electrons. The third-order valence-electron chi connectivity index (χ3n) is 13.4. The van der Waals surface area contributed by atoms with E-state index in [1.54, 1.807) is 6.08 Å².